The van der Waals surface area contributed by atoms with Gasteiger partial charge in [-0.15, -0.1) is 10.2 Å². The van der Waals surface area contributed by atoms with Crippen LogP contribution >= 0.6 is 35.0 Å². The number of methoxy groups -OCH3 is 1. The van der Waals surface area contributed by atoms with E-state index in [1.807, 2.05) is 0 Å². The molecule has 0 aliphatic rings. The SMILES string of the molecule is COC(=O)c1cccc(NC(=O)CSc2nnc(-c3ccc(Cl)cc3Cl)o2)c1. The Bertz CT molecular complexity index is 1030. The minimum Gasteiger partial charge on any atom is -0.465 e. The van der Waals surface area contributed by atoms with Crippen molar-refractivity contribution in [3.8, 4) is 11.5 Å². The van der Waals surface area contributed by atoms with Crippen molar-refractivity contribution in [1.82, 2.24) is 10.2 Å². The normalized spacial score (nSPS) is 10.5. The Kier molecular flexibility index (Phi) is 6.56. The first-order valence-corrected chi connectivity index (χ1v) is 9.60. The Morgan fingerprint density at radius 1 is 1.18 bits per heavy atom. The van der Waals surface area contributed by atoms with Crippen LogP contribution in [0.25, 0.3) is 11.5 Å². The largest absolute Gasteiger partial charge is 0.465 e. The number of benzene rings is 2. The highest BCUT2D eigenvalue weighted by atomic mass is 35.5. The second-order valence-electron chi connectivity index (χ2n) is 5.41. The lowest BCUT2D eigenvalue weighted by Crippen LogP contribution is -2.14. The molecule has 0 bridgehead atoms. The van der Waals surface area contributed by atoms with Crippen LogP contribution in [0.1, 0.15) is 10.4 Å². The van der Waals surface area contributed by atoms with Crippen LogP contribution in [0.3, 0.4) is 0 Å². The van der Waals surface area contributed by atoms with Gasteiger partial charge in [0.2, 0.25) is 11.8 Å². The van der Waals surface area contributed by atoms with Gasteiger partial charge in [0.25, 0.3) is 5.22 Å². The van der Waals surface area contributed by atoms with E-state index in [0.29, 0.717) is 26.9 Å². The van der Waals surface area contributed by atoms with Crippen molar-refractivity contribution >= 4 is 52.5 Å². The molecule has 1 amide bonds. The van der Waals surface area contributed by atoms with Crippen LogP contribution in [-0.2, 0) is 9.53 Å². The molecule has 0 unspecified atom stereocenters. The number of carbonyl (C=O) groups is 2. The van der Waals surface area contributed by atoms with E-state index in [9.17, 15) is 9.59 Å². The highest BCUT2D eigenvalue weighted by molar-refractivity contribution is 7.99. The summed E-state index contributed by atoms with van der Waals surface area (Å²) >= 11 is 13.1. The molecule has 10 heteroatoms. The molecule has 0 saturated heterocycles. The number of esters is 1. The topological polar surface area (TPSA) is 94.3 Å². The number of thioether (sulfide) groups is 1. The van der Waals surface area contributed by atoms with Gasteiger partial charge in [0.15, 0.2) is 0 Å². The zero-order valence-electron chi connectivity index (χ0n) is 14.4. The standard InChI is InChI=1S/C18H13Cl2N3O4S/c1-26-17(25)10-3-2-4-12(7-10)21-15(24)9-28-18-23-22-16(27-18)13-6-5-11(19)8-14(13)20/h2-8H,9H2,1H3,(H,21,24). The quantitative estimate of drug-likeness (QED) is 0.445. The molecule has 0 fully saturated rings. The first-order valence-electron chi connectivity index (χ1n) is 7.86. The molecule has 0 aliphatic heterocycles. The van der Waals surface area contributed by atoms with Gasteiger partial charge >= 0.3 is 5.97 Å². The second kappa shape index (κ2) is 9.09. The third-order valence-corrected chi connectivity index (χ3v) is 4.83. The summed E-state index contributed by atoms with van der Waals surface area (Å²) in [5.74, 6) is -0.505. The lowest BCUT2D eigenvalue weighted by atomic mass is 10.2. The minimum atomic E-state index is -0.482. The summed E-state index contributed by atoms with van der Waals surface area (Å²) in [6.07, 6.45) is 0. The first-order chi connectivity index (χ1) is 13.5. The Hall–Kier alpha value is -2.55. The van der Waals surface area contributed by atoms with Crippen molar-refractivity contribution in [3.63, 3.8) is 0 Å². The van der Waals surface area contributed by atoms with E-state index < -0.39 is 5.97 Å². The monoisotopic (exact) mass is 437 g/mol. The number of rotatable bonds is 6. The molecule has 1 aromatic heterocycles. The number of anilines is 1. The molecule has 144 valence electrons. The van der Waals surface area contributed by atoms with Crippen molar-refractivity contribution in [2.45, 2.75) is 5.22 Å². The predicted octanol–water partition coefficient (Wildman–Crippen LogP) is 4.56. The molecular formula is C18H13Cl2N3O4S. The van der Waals surface area contributed by atoms with Crippen LogP contribution in [0.5, 0.6) is 0 Å². The van der Waals surface area contributed by atoms with Gasteiger partial charge in [-0.2, -0.15) is 0 Å². The van der Waals surface area contributed by atoms with E-state index in [1.54, 1.807) is 36.4 Å². The van der Waals surface area contributed by atoms with Gasteiger partial charge in [-0.3, -0.25) is 4.79 Å². The predicted molar refractivity (Wildman–Crippen MR) is 107 cm³/mol. The maximum absolute atomic E-state index is 12.1. The molecule has 3 rings (SSSR count). The van der Waals surface area contributed by atoms with Crippen molar-refractivity contribution in [3.05, 3.63) is 58.1 Å². The van der Waals surface area contributed by atoms with Gasteiger partial charge in [0.05, 0.1) is 29.0 Å². The Morgan fingerprint density at radius 2 is 2.00 bits per heavy atom. The van der Waals surface area contributed by atoms with Crippen LogP contribution in [0.4, 0.5) is 5.69 Å². The molecule has 0 radical (unpaired) electrons. The van der Waals surface area contributed by atoms with Crippen LogP contribution in [-0.4, -0.2) is 34.9 Å². The number of amides is 1. The summed E-state index contributed by atoms with van der Waals surface area (Å²) in [5, 5.41) is 11.6. The summed E-state index contributed by atoms with van der Waals surface area (Å²) in [6, 6.07) is 11.4. The van der Waals surface area contributed by atoms with E-state index in [2.05, 4.69) is 20.3 Å². The average Bonchev–Trinajstić information content (AvgIpc) is 3.14. The third-order valence-electron chi connectivity index (χ3n) is 3.46. The summed E-state index contributed by atoms with van der Waals surface area (Å²) < 4.78 is 10.2. The van der Waals surface area contributed by atoms with Crippen LogP contribution < -0.4 is 5.32 Å². The zero-order valence-corrected chi connectivity index (χ0v) is 16.8. The van der Waals surface area contributed by atoms with E-state index >= 15 is 0 Å². The molecule has 0 aliphatic carbocycles. The van der Waals surface area contributed by atoms with Crippen LogP contribution in [0, 0.1) is 0 Å². The Labute approximate surface area is 174 Å². The number of nitrogens with one attached hydrogen (secondary N) is 1. The Balaban J connectivity index is 1.60. The molecule has 0 saturated carbocycles. The van der Waals surface area contributed by atoms with Gasteiger partial charge in [-0.25, -0.2) is 4.79 Å². The summed E-state index contributed by atoms with van der Waals surface area (Å²) in [6.45, 7) is 0. The molecule has 1 N–H and O–H groups in total. The van der Waals surface area contributed by atoms with Crippen LogP contribution in [0.2, 0.25) is 10.0 Å². The van der Waals surface area contributed by atoms with Crippen molar-refractivity contribution in [1.29, 1.82) is 0 Å². The van der Waals surface area contributed by atoms with E-state index in [1.165, 1.54) is 13.2 Å². The number of halogens is 2. The number of nitrogens with zero attached hydrogens (tertiary/aromatic N) is 2. The van der Waals surface area contributed by atoms with Crippen LogP contribution in [0.15, 0.2) is 52.1 Å². The minimum absolute atomic E-state index is 0.0401. The summed E-state index contributed by atoms with van der Waals surface area (Å²) in [7, 11) is 1.29. The highest BCUT2D eigenvalue weighted by Gasteiger charge is 2.14. The average molecular weight is 438 g/mol. The molecule has 28 heavy (non-hydrogen) atoms. The van der Waals surface area contributed by atoms with Crippen molar-refractivity contribution in [2.75, 3.05) is 18.2 Å². The van der Waals surface area contributed by atoms with Gasteiger partial charge in [-0.1, -0.05) is 41.0 Å². The van der Waals surface area contributed by atoms with E-state index in [-0.39, 0.29) is 22.8 Å². The maximum atomic E-state index is 12.1. The first kappa shape index (κ1) is 20.2. The lowest BCUT2D eigenvalue weighted by Gasteiger charge is -2.05. The van der Waals surface area contributed by atoms with Gasteiger partial charge in [0, 0.05) is 10.7 Å². The fourth-order valence-corrected chi connectivity index (χ4v) is 3.26. The number of aromatic nitrogens is 2. The second-order valence-corrected chi connectivity index (χ2v) is 7.18. The zero-order chi connectivity index (χ0) is 20.1. The van der Waals surface area contributed by atoms with Gasteiger partial charge in [-0.05, 0) is 36.4 Å². The van der Waals surface area contributed by atoms with Crippen molar-refractivity contribution < 1.29 is 18.7 Å². The van der Waals surface area contributed by atoms with Gasteiger partial charge in [0.1, 0.15) is 0 Å². The lowest BCUT2D eigenvalue weighted by molar-refractivity contribution is -0.113. The molecule has 1 heterocycles. The molecular weight excluding hydrogens is 425 g/mol. The molecule has 2 aromatic carbocycles. The summed E-state index contributed by atoms with van der Waals surface area (Å²) in [4.78, 5) is 23.7. The fourth-order valence-electron chi connectivity index (χ4n) is 2.21. The van der Waals surface area contributed by atoms with Gasteiger partial charge < -0.3 is 14.5 Å². The van der Waals surface area contributed by atoms with E-state index in [0.717, 1.165) is 11.8 Å². The molecule has 7 nitrogen and oxygen atoms in total. The third kappa shape index (κ3) is 5.03. The Morgan fingerprint density at radius 3 is 2.75 bits per heavy atom. The maximum Gasteiger partial charge on any atom is 0.337 e. The number of hydrogen-bond donors (Lipinski definition) is 1. The fraction of sp³-hybridized carbons (Fsp3) is 0.111. The van der Waals surface area contributed by atoms with Crippen molar-refractivity contribution in [2.24, 2.45) is 0 Å². The number of ether oxygens (including phenoxy) is 1. The summed E-state index contributed by atoms with van der Waals surface area (Å²) in [5.41, 5.74) is 1.37. The van der Waals surface area contributed by atoms with E-state index in [4.69, 9.17) is 27.6 Å². The molecule has 3 aromatic rings. The highest BCUT2D eigenvalue weighted by Crippen LogP contribution is 2.31. The number of carbonyl (C=O) groups excluding carboxylic acids is 2. The number of hydrogen-bond acceptors (Lipinski definition) is 7. The molecule has 0 spiro atoms. The smallest absolute Gasteiger partial charge is 0.337 e. The molecule has 0 atom stereocenters.